The van der Waals surface area contributed by atoms with Crippen molar-refractivity contribution in [2.75, 3.05) is 0 Å². The Morgan fingerprint density at radius 2 is 1.72 bits per heavy atom. The quantitative estimate of drug-likeness (QED) is 0.848. The molecule has 92 valence electrons. The molecule has 0 saturated carbocycles. The predicted molar refractivity (Wildman–Crippen MR) is 75.5 cm³/mol. The molecule has 0 fully saturated rings. The zero-order valence-electron chi connectivity index (χ0n) is 10.3. The minimum atomic E-state index is 0.754. The van der Waals surface area contributed by atoms with E-state index in [0.717, 1.165) is 16.3 Å². The van der Waals surface area contributed by atoms with E-state index in [1.165, 1.54) is 15.4 Å². The molecule has 0 radical (unpaired) electrons. The van der Waals surface area contributed by atoms with Crippen molar-refractivity contribution in [3.8, 4) is 0 Å². The van der Waals surface area contributed by atoms with Crippen molar-refractivity contribution >= 4 is 29.1 Å². The molecule has 0 atom stereocenters. The Balaban J connectivity index is 2.32. The molecule has 0 aliphatic rings. The number of benzene rings is 2. The van der Waals surface area contributed by atoms with E-state index >= 15 is 0 Å². The summed E-state index contributed by atoms with van der Waals surface area (Å²) in [7, 11) is 0. The van der Waals surface area contributed by atoms with Crippen LogP contribution in [0.5, 0.6) is 0 Å². The summed E-state index contributed by atoms with van der Waals surface area (Å²) < 4.78 is 0. The lowest BCUT2D eigenvalue weighted by Gasteiger charge is -2.08. The molecule has 0 aromatic heterocycles. The van der Waals surface area contributed by atoms with Crippen molar-refractivity contribution in [1.29, 1.82) is 0 Å². The van der Waals surface area contributed by atoms with Crippen molar-refractivity contribution in [2.45, 2.75) is 23.6 Å². The molecule has 2 aromatic rings. The second-order valence-electron chi connectivity index (χ2n) is 4.09. The zero-order chi connectivity index (χ0) is 13.1. The first kappa shape index (κ1) is 13.1. The molecule has 0 heterocycles. The third-order valence-electron chi connectivity index (χ3n) is 2.67. The lowest BCUT2D eigenvalue weighted by Crippen LogP contribution is -2.22. The van der Waals surface area contributed by atoms with Gasteiger partial charge in [-0.05, 0) is 66.5 Å². The number of aryl methyl sites for hydroxylation is 2. The molecule has 2 nitrogen and oxygen atoms in total. The molecular weight excluding hydrogens is 264 g/mol. The first-order valence-electron chi connectivity index (χ1n) is 5.56. The number of hydrogen-bond acceptors (Lipinski definition) is 2. The molecule has 0 saturated heterocycles. The van der Waals surface area contributed by atoms with Gasteiger partial charge < -0.3 is 0 Å². The van der Waals surface area contributed by atoms with Crippen LogP contribution in [0.25, 0.3) is 0 Å². The van der Waals surface area contributed by atoms with Crippen molar-refractivity contribution in [2.24, 2.45) is 5.11 Å². The van der Waals surface area contributed by atoms with Gasteiger partial charge in [0.2, 0.25) is 0 Å². The Morgan fingerprint density at radius 3 is 2.33 bits per heavy atom. The van der Waals surface area contributed by atoms with Crippen LogP contribution in [0, 0.1) is 13.8 Å². The standard InChI is InChI=1S/C14H13ClN2S/c1-9-8-14(10(2)7-13(9)17-16)18-12-5-3-11(15)4-6-12/h3-8,16H,1-2H3/p+1. The van der Waals surface area contributed by atoms with Gasteiger partial charge in [0.05, 0.1) is 0 Å². The van der Waals surface area contributed by atoms with Crippen LogP contribution >= 0.6 is 23.4 Å². The maximum Gasteiger partial charge on any atom is 0.133 e. The van der Waals surface area contributed by atoms with Gasteiger partial charge in [-0.3, -0.25) is 0 Å². The van der Waals surface area contributed by atoms with Crippen molar-refractivity contribution in [3.05, 3.63) is 52.5 Å². The largest absolute Gasteiger partial charge is 0.152 e. The van der Waals surface area contributed by atoms with Crippen LogP contribution in [-0.4, -0.2) is 0 Å². The molecule has 18 heavy (non-hydrogen) atoms. The number of halogens is 1. The fraction of sp³-hybridized carbons (Fsp3) is 0.143. The van der Waals surface area contributed by atoms with Gasteiger partial charge in [0, 0.05) is 14.8 Å². The average Bonchev–Trinajstić information content (AvgIpc) is 2.36. The molecule has 0 spiro atoms. The predicted octanol–water partition coefficient (Wildman–Crippen LogP) is 3.95. The minimum absolute atomic E-state index is 0.754. The molecular formula is C14H14ClN2S+. The van der Waals surface area contributed by atoms with E-state index < -0.39 is 0 Å². The van der Waals surface area contributed by atoms with Gasteiger partial charge in [-0.2, -0.15) is 5.53 Å². The maximum absolute atomic E-state index is 5.88. The molecule has 0 aliphatic carbocycles. The highest BCUT2D eigenvalue weighted by Gasteiger charge is 2.07. The van der Waals surface area contributed by atoms with Gasteiger partial charge in [-0.25, -0.2) is 0 Å². The summed E-state index contributed by atoms with van der Waals surface area (Å²) in [5.74, 6) is 0. The number of hydrogen-bond donors (Lipinski definition) is 1. The number of nitrogens with zero attached hydrogens (tertiary/aromatic N) is 1. The second kappa shape index (κ2) is 5.55. The highest BCUT2D eigenvalue weighted by molar-refractivity contribution is 7.99. The van der Waals surface area contributed by atoms with Crippen LogP contribution < -0.4 is 5.53 Å². The van der Waals surface area contributed by atoms with Gasteiger partial charge >= 0.3 is 0 Å². The monoisotopic (exact) mass is 277 g/mol. The number of nitrogens with two attached hydrogens (primary N) is 1. The fourth-order valence-electron chi connectivity index (χ4n) is 1.65. The first-order chi connectivity index (χ1) is 8.60. The Morgan fingerprint density at radius 1 is 1.06 bits per heavy atom. The third kappa shape index (κ3) is 2.92. The SMILES string of the molecule is Cc1cc(Sc2ccc(Cl)cc2)c(C)cc1N=[NH2+]. The van der Waals surface area contributed by atoms with Gasteiger partial charge in [0.15, 0.2) is 0 Å². The molecule has 0 unspecified atom stereocenters. The van der Waals surface area contributed by atoms with Gasteiger partial charge in [0.1, 0.15) is 5.69 Å². The van der Waals surface area contributed by atoms with Crippen LogP contribution in [0.3, 0.4) is 0 Å². The molecule has 0 aliphatic heterocycles. The van der Waals surface area contributed by atoms with E-state index in [4.69, 9.17) is 17.1 Å². The Kier molecular flexibility index (Phi) is 4.04. The van der Waals surface area contributed by atoms with Crippen LogP contribution in [-0.2, 0) is 0 Å². The summed E-state index contributed by atoms with van der Waals surface area (Å²) in [5, 5.41) is 4.52. The zero-order valence-corrected chi connectivity index (χ0v) is 11.8. The average molecular weight is 278 g/mol. The van der Waals surface area contributed by atoms with E-state index in [0.29, 0.717) is 0 Å². The first-order valence-corrected chi connectivity index (χ1v) is 6.75. The van der Waals surface area contributed by atoms with Gasteiger partial charge in [-0.15, -0.1) is 0 Å². The van der Waals surface area contributed by atoms with E-state index in [9.17, 15) is 0 Å². The van der Waals surface area contributed by atoms with E-state index in [-0.39, 0.29) is 0 Å². The summed E-state index contributed by atoms with van der Waals surface area (Å²) in [4.78, 5) is 2.38. The van der Waals surface area contributed by atoms with E-state index in [1.807, 2.05) is 37.3 Å². The summed E-state index contributed by atoms with van der Waals surface area (Å²) in [6.45, 7) is 4.07. The second-order valence-corrected chi connectivity index (χ2v) is 5.64. The molecule has 2 aromatic carbocycles. The Labute approximate surface area is 116 Å². The topological polar surface area (TPSA) is 38.0 Å². The van der Waals surface area contributed by atoms with Crippen molar-refractivity contribution in [3.63, 3.8) is 0 Å². The highest BCUT2D eigenvalue weighted by atomic mass is 35.5. The molecule has 2 N–H and O–H groups in total. The highest BCUT2D eigenvalue weighted by Crippen LogP contribution is 2.34. The van der Waals surface area contributed by atoms with Crippen molar-refractivity contribution in [1.82, 2.24) is 0 Å². The molecule has 2 rings (SSSR count). The smallest absolute Gasteiger partial charge is 0.133 e. The molecule has 0 bridgehead atoms. The summed E-state index contributed by atoms with van der Waals surface area (Å²) >= 11 is 7.59. The van der Waals surface area contributed by atoms with Crippen LogP contribution in [0.4, 0.5) is 5.69 Å². The van der Waals surface area contributed by atoms with Crippen LogP contribution in [0.1, 0.15) is 11.1 Å². The molecule has 4 heteroatoms. The van der Waals surface area contributed by atoms with Crippen molar-refractivity contribution < 1.29 is 5.53 Å². The summed E-state index contributed by atoms with van der Waals surface area (Å²) in [6.07, 6.45) is 0. The third-order valence-corrected chi connectivity index (χ3v) is 4.09. The summed E-state index contributed by atoms with van der Waals surface area (Å²) in [6, 6.07) is 11.9. The Bertz CT molecular complexity index is 579. The van der Waals surface area contributed by atoms with Gasteiger partial charge in [0.25, 0.3) is 0 Å². The normalized spacial score (nSPS) is 10.4. The maximum atomic E-state index is 5.88. The van der Waals surface area contributed by atoms with E-state index in [1.54, 1.807) is 11.8 Å². The lowest BCUT2D eigenvalue weighted by atomic mass is 10.1. The summed E-state index contributed by atoms with van der Waals surface area (Å²) in [5.41, 5.74) is 8.44. The van der Waals surface area contributed by atoms with E-state index in [2.05, 4.69) is 18.1 Å². The van der Waals surface area contributed by atoms with Gasteiger partial charge in [-0.1, -0.05) is 23.4 Å². The van der Waals surface area contributed by atoms with Crippen LogP contribution in [0.2, 0.25) is 5.02 Å². The number of rotatable bonds is 3. The fourth-order valence-corrected chi connectivity index (χ4v) is 2.76. The molecule has 0 amide bonds. The minimum Gasteiger partial charge on any atom is -0.152 e. The van der Waals surface area contributed by atoms with Crippen LogP contribution in [0.15, 0.2) is 51.3 Å². The lowest BCUT2D eigenvalue weighted by molar-refractivity contribution is -0.210. The Hall–Kier alpha value is -1.32.